The highest BCUT2D eigenvalue weighted by molar-refractivity contribution is 8.01. The maximum atomic E-state index is 11.9. The molecule has 0 aliphatic heterocycles. The summed E-state index contributed by atoms with van der Waals surface area (Å²) in [5.74, 6) is 0.0675. The van der Waals surface area contributed by atoms with Crippen molar-refractivity contribution in [3.05, 3.63) is 29.8 Å². The van der Waals surface area contributed by atoms with Gasteiger partial charge in [-0.2, -0.15) is 5.26 Å². The lowest BCUT2D eigenvalue weighted by molar-refractivity contribution is -0.113. The van der Waals surface area contributed by atoms with Crippen molar-refractivity contribution in [1.82, 2.24) is 10.2 Å². The molecule has 0 aliphatic rings. The van der Waals surface area contributed by atoms with Crippen LogP contribution in [0.25, 0.3) is 0 Å². The van der Waals surface area contributed by atoms with Gasteiger partial charge in [0.2, 0.25) is 11.0 Å². The number of thioether (sulfide) groups is 1. The van der Waals surface area contributed by atoms with Crippen molar-refractivity contribution in [2.45, 2.75) is 4.34 Å². The van der Waals surface area contributed by atoms with Gasteiger partial charge in [0, 0.05) is 19.3 Å². The van der Waals surface area contributed by atoms with Crippen LogP contribution in [-0.2, 0) is 9.53 Å². The van der Waals surface area contributed by atoms with Crippen LogP contribution in [0.4, 0.5) is 10.8 Å². The van der Waals surface area contributed by atoms with Gasteiger partial charge in [0.15, 0.2) is 4.34 Å². The number of anilines is 2. The summed E-state index contributed by atoms with van der Waals surface area (Å²) in [4.78, 5) is 11.9. The Balaban J connectivity index is 1.79. The van der Waals surface area contributed by atoms with Gasteiger partial charge in [-0.15, -0.1) is 10.2 Å². The lowest BCUT2D eigenvalue weighted by atomic mass is 10.2. The van der Waals surface area contributed by atoms with Gasteiger partial charge in [-0.1, -0.05) is 29.2 Å². The van der Waals surface area contributed by atoms with Crippen molar-refractivity contribution in [2.24, 2.45) is 0 Å². The first-order chi connectivity index (χ1) is 11.2. The molecule has 2 aromatic rings. The Morgan fingerprint density at radius 2 is 2.35 bits per heavy atom. The molecular formula is C14H15N5O2S2. The highest BCUT2D eigenvalue weighted by atomic mass is 32.2. The lowest BCUT2D eigenvalue weighted by Gasteiger charge is -2.04. The van der Waals surface area contributed by atoms with Crippen LogP contribution in [0, 0.1) is 11.3 Å². The van der Waals surface area contributed by atoms with E-state index in [2.05, 4.69) is 20.8 Å². The van der Waals surface area contributed by atoms with E-state index in [1.807, 2.05) is 6.07 Å². The Morgan fingerprint density at radius 1 is 1.48 bits per heavy atom. The number of methoxy groups -OCH3 is 1. The van der Waals surface area contributed by atoms with E-state index >= 15 is 0 Å². The van der Waals surface area contributed by atoms with E-state index in [0.717, 1.165) is 0 Å². The van der Waals surface area contributed by atoms with Gasteiger partial charge in [0.05, 0.1) is 24.0 Å². The van der Waals surface area contributed by atoms with Gasteiger partial charge in [-0.25, -0.2) is 0 Å². The highest BCUT2D eigenvalue weighted by Gasteiger charge is 2.08. The summed E-state index contributed by atoms with van der Waals surface area (Å²) in [5.41, 5.74) is 1.11. The molecular weight excluding hydrogens is 334 g/mol. The number of hydrogen-bond acceptors (Lipinski definition) is 8. The van der Waals surface area contributed by atoms with Crippen molar-refractivity contribution in [2.75, 3.05) is 36.6 Å². The number of nitrogens with one attached hydrogen (secondary N) is 2. The van der Waals surface area contributed by atoms with Gasteiger partial charge >= 0.3 is 0 Å². The van der Waals surface area contributed by atoms with Crippen LogP contribution in [-0.4, -0.2) is 42.1 Å². The van der Waals surface area contributed by atoms with Gasteiger partial charge in [0.25, 0.3) is 0 Å². The van der Waals surface area contributed by atoms with Crippen LogP contribution in [0.3, 0.4) is 0 Å². The molecule has 7 nitrogen and oxygen atoms in total. The minimum absolute atomic E-state index is 0.158. The molecule has 120 valence electrons. The predicted octanol–water partition coefficient (Wildman–Crippen LogP) is 2.20. The predicted molar refractivity (Wildman–Crippen MR) is 90.8 cm³/mol. The summed E-state index contributed by atoms with van der Waals surface area (Å²) in [6.07, 6.45) is 0. The van der Waals surface area contributed by atoms with Crippen molar-refractivity contribution < 1.29 is 9.53 Å². The second-order valence-electron chi connectivity index (χ2n) is 4.32. The normalized spacial score (nSPS) is 10.1. The lowest BCUT2D eigenvalue weighted by Crippen LogP contribution is -2.13. The molecule has 0 atom stereocenters. The molecule has 0 radical (unpaired) electrons. The largest absolute Gasteiger partial charge is 0.383 e. The van der Waals surface area contributed by atoms with Crippen LogP contribution in [0.1, 0.15) is 5.56 Å². The molecule has 0 unspecified atom stereocenters. The molecule has 9 heteroatoms. The molecule has 23 heavy (non-hydrogen) atoms. The fraction of sp³-hybridized carbons (Fsp3) is 0.286. The maximum absolute atomic E-state index is 11.9. The quantitative estimate of drug-likeness (QED) is 0.556. The third kappa shape index (κ3) is 5.86. The SMILES string of the molecule is COCCNc1nnc(SCC(=O)Nc2cccc(C#N)c2)s1. The summed E-state index contributed by atoms with van der Waals surface area (Å²) < 4.78 is 5.65. The average Bonchev–Trinajstić information content (AvgIpc) is 3.01. The molecule has 1 aromatic carbocycles. The second-order valence-corrected chi connectivity index (χ2v) is 6.52. The number of aromatic nitrogens is 2. The molecule has 1 amide bonds. The number of hydrogen-bond donors (Lipinski definition) is 2. The first kappa shape index (κ1) is 17.2. The topological polar surface area (TPSA) is 99.9 Å². The van der Waals surface area contributed by atoms with Crippen LogP contribution in [0.5, 0.6) is 0 Å². The van der Waals surface area contributed by atoms with E-state index in [-0.39, 0.29) is 11.7 Å². The maximum Gasteiger partial charge on any atom is 0.234 e. The summed E-state index contributed by atoms with van der Waals surface area (Å²) in [6.45, 7) is 1.25. The third-order valence-corrected chi connectivity index (χ3v) is 4.61. The Labute approximate surface area is 142 Å². The van der Waals surface area contributed by atoms with Crippen LogP contribution in [0.15, 0.2) is 28.6 Å². The van der Waals surface area contributed by atoms with E-state index in [0.29, 0.717) is 33.9 Å². The highest BCUT2D eigenvalue weighted by Crippen LogP contribution is 2.25. The zero-order valence-corrected chi connectivity index (χ0v) is 14.0. The van der Waals surface area contributed by atoms with Crippen molar-refractivity contribution >= 4 is 39.8 Å². The van der Waals surface area contributed by atoms with E-state index in [9.17, 15) is 4.79 Å². The van der Waals surface area contributed by atoms with Crippen LogP contribution < -0.4 is 10.6 Å². The molecule has 0 aliphatic carbocycles. The molecule has 0 spiro atoms. The molecule has 1 aromatic heterocycles. The summed E-state index contributed by atoms with van der Waals surface area (Å²) in [7, 11) is 1.63. The van der Waals surface area contributed by atoms with Crippen molar-refractivity contribution in [3.8, 4) is 6.07 Å². The molecule has 0 saturated heterocycles. The number of carbonyl (C=O) groups is 1. The van der Waals surface area contributed by atoms with Gasteiger partial charge in [-0.3, -0.25) is 4.79 Å². The number of amides is 1. The van der Waals surface area contributed by atoms with Crippen LogP contribution in [0.2, 0.25) is 0 Å². The summed E-state index contributed by atoms with van der Waals surface area (Å²) in [6, 6.07) is 8.82. The molecule has 0 saturated carbocycles. The van der Waals surface area contributed by atoms with Crippen molar-refractivity contribution in [1.29, 1.82) is 5.26 Å². The van der Waals surface area contributed by atoms with Gasteiger partial charge in [0.1, 0.15) is 0 Å². The minimum Gasteiger partial charge on any atom is -0.383 e. The Hall–Kier alpha value is -2.15. The average molecular weight is 349 g/mol. The molecule has 2 N–H and O–H groups in total. The first-order valence-corrected chi connectivity index (χ1v) is 8.50. The Kier molecular flexibility index (Phi) is 6.80. The number of carbonyl (C=O) groups excluding carboxylic acids is 1. The Bertz CT molecular complexity index is 698. The second kappa shape index (κ2) is 9.09. The fourth-order valence-corrected chi connectivity index (χ4v) is 3.17. The number of nitrogens with zero attached hydrogens (tertiary/aromatic N) is 3. The molecule has 1 heterocycles. The number of rotatable bonds is 8. The monoisotopic (exact) mass is 349 g/mol. The zero-order chi connectivity index (χ0) is 16.5. The van der Waals surface area contributed by atoms with Crippen LogP contribution >= 0.6 is 23.1 Å². The van der Waals surface area contributed by atoms with Gasteiger partial charge < -0.3 is 15.4 Å². The van der Waals surface area contributed by atoms with Crippen molar-refractivity contribution in [3.63, 3.8) is 0 Å². The molecule has 2 rings (SSSR count). The summed E-state index contributed by atoms with van der Waals surface area (Å²) >= 11 is 2.70. The standard InChI is InChI=1S/C14H15N5O2S2/c1-21-6-5-16-13-18-19-14(23-13)22-9-12(20)17-11-4-2-3-10(7-11)8-15/h2-4,7H,5-6,9H2,1H3,(H,16,18)(H,17,20). The van der Waals surface area contributed by atoms with E-state index in [1.165, 1.54) is 23.1 Å². The number of nitriles is 1. The van der Waals surface area contributed by atoms with E-state index in [4.69, 9.17) is 10.00 Å². The van der Waals surface area contributed by atoms with E-state index in [1.54, 1.807) is 31.4 Å². The minimum atomic E-state index is -0.158. The number of ether oxygens (including phenoxy) is 1. The van der Waals surface area contributed by atoms with E-state index < -0.39 is 0 Å². The first-order valence-electron chi connectivity index (χ1n) is 6.70. The smallest absolute Gasteiger partial charge is 0.234 e. The molecule has 0 bridgehead atoms. The molecule has 0 fully saturated rings. The van der Waals surface area contributed by atoms with Gasteiger partial charge in [-0.05, 0) is 18.2 Å². The Morgan fingerprint density at radius 3 is 3.13 bits per heavy atom. The third-order valence-electron chi connectivity index (χ3n) is 2.59. The number of benzene rings is 1. The summed E-state index contributed by atoms with van der Waals surface area (Å²) in [5, 5.41) is 23.4. The fourth-order valence-electron chi connectivity index (χ4n) is 1.59. The zero-order valence-electron chi connectivity index (χ0n) is 12.4.